The first kappa shape index (κ1) is 28.8. The highest BCUT2D eigenvalue weighted by Gasteiger charge is 2.31. The number of nitrogens with zero attached hydrogens (tertiary/aromatic N) is 1. The number of carbonyl (C=O) groups excluding carboxylic acids is 2. The van der Waals surface area contributed by atoms with Crippen molar-refractivity contribution < 1.29 is 19.5 Å². The van der Waals surface area contributed by atoms with Gasteiger partial charge in [-0.15, -0.1) is 0 Å². The Balaban J connectivity index is 1.60. The highest BCUT2D eigenvalue weighted by Crippen LogP contribution is 2.32. The number of thioether (sulfide) groups is 1. The molecule has 1 aliphatic heterocycles. The number of allylic oxidation sites excluding steroid dienone is 2. The second-order valence-corrected chi connectivity index (χ2v) is 10.4. The number of unbranched alkanes of at least 4 members (excludes halogenated alkanes) is 7. The second-order valence-electron chi connectivity index (χ2n) is 8.70. The minimum atomic E-state index is -0.718. The van der Waals surface area contributed by atoms with Crippen LogP contribution >= 0.6 is 24.0 Å². The molecule has 0 aromatic heterocycles. The SMILES string of the molecule is CC(=Cc1ccccc1)C=C1SC(=S)N(CCC(=O)NCCCCCCCCCCC(=O)O)C1=O. The Morgan fingerprint density at radius 3 is 2.29 bits per heavy atom. The van der Waals surface area contributed by atoms with Crippen molar-refractivity contribution in [1.29, 1.82) is 0 Å². The Hall–Kier alpha value is -2.45. The van der Waals surface area contributed by atoms with Crippen LogP contribution in [-0.4, -0.2) is 45.2 Å². The molecule has 0 radical (unpaired) electrons. The van der Waals surface area contributed by atoms with Gasteiger partial charge in [0, 0.05) is 25.9 Å². The van der Waals surface area contributed by atoms with E-state index in [1.165, 1.54) is 16.7 Å². The summed E-state index contributed by atoms with van der Waals surface area (Å²) >= 11 is 6.65. The molecule has 0 aliphatic carbocycles. The predicted molar refractivity (Wildman–Crippen MR) is 147 cm³/mol. The van der Waals surface area contributed by atoms with Crippen LogP contribution in [0.3, 0.4) is 0 Å². The average Bonchev–Trinajstić information content (AvgIpc) is 3.08. The maximum absolute atomic E-state index is 12.8. The number of amides is 2. The van der Waals surface area contributed by atoms with Crippen molar-refractivity contribution in [2.45, 2.75) is 71.1 Å². The van der Waals surface area contributed by atoms with Gasteiger partial charge in [0.1, 0.15) is 4.32 Å². The highest BCUT2D eigenvalue weighted by molar-refractivity contribution is 8.26. The highest BCUT2D eigenvalue weighted by atomic mass is 32.2. The average molecular weight is 517 g/mol. The first-order valence-corrected chi connectivity index (χ1v) is 13.6. The lowest BCUT2D eigenvalue weighted by molar-refractivity contribution is -0.137. The minimum absolute atomic E-state index is 0.0679. The van der Waals surface area contributed by atoms with Gasteiger partial charge in [-0.3, -0.25) is 19.3 Å². The molecule has 2 rings (SSSR count). The molecule has 0 unspecified atom stereocenters. The molecule has 0 bridgehead atoms. The summed E-state index contributed by atoms with van der Waals surface area (Å²) in [5, 5.41) is 11.5. The molecule has 35 heavy (non-hydrogen) atoms. The van der Waals surface area contributed by atoms with Crippen molar-refractivity contribution >= 4 is 52.2 Å². The summed E-state index contributed by atoms with van der Waals surface area (Å²) in [5.41, 5.74) is 2.04. The zero-order valence-electron chi connectivity index (χ0n) is 20.5. The Bertz CT molecular complexity index is 928. The van der Waals surface area contributed by atoms with Crippen molar-refractivity contribution in [2.24, 2.45) is 0 Å². The number of carbonyl (C=O) groups is 3. The molecule has 6 nitrogen and oxygen atoms in total. The number of carboxylic acid groups (broad SMARTS) is 1. The van der Waals surface area contributed by atoms with Gasteiger partial charge in [-0.1, -0.05) is 98.9 Å². The van der Waals surface area contributed by atoms with Gasteiger partial charge in [0.05, 0.1) is 4.91 Å². The maximum atomic E-state index is 12.8. The van der Waals surface area contributed by atoms with Crippen LogP contribution in [0.15, 0.2) is 46.9 Å². The summed E-state index contributed by atoms with van der Waals surface area (Å²) in [4.78, 5) is 37.5. The summed E-state index contributed by atoms with van der Waals surface area (Å²) in [5.74, 6) is -0.928. The van der Waals surface area contributed by atoms with Crippen molar-refractivity contribution in [1.82, 2.24) is 10.2 Å². The van der Waals surface area contributed by atoms with E-state index in [1.807, 2.05) is 49.4 Å². The van der Waals surface area contributed by atoms with Gasteiger partial charge >= 0.3 is 5.97 Å². The number of hydrogen-bond acceptors (Lipinski definition) is 5. The number of benzene rings is 1. The van der Waals surface area contributed by atoms with Gasteiger partial charge in [0.2, 0.25) is 5.91 Å². The summed E-state index contributed by atoms with van der Waals surface area (Å²) in [6.45, 7) is 2.88. The largest absolute Gasteiger partial charge is 0.481 e. The molecular formula is C27H36N2O4S2. The number of hydrogen-bond donors (Lipinski definition) is 2. The molecule has 0 atom stereocenters. The van der Waals surface area contributed by atoms with Gasteiger partial charge in [-0.25, -0.2) is 0 Å². The van der Waals surface area contributed by atoms with Crippen LogP contribution in [0.2, 0.25) is 0 Å². The molecule has 1 aromatic carbocycles. The molecule has 2 amide bonds. The van der Waals surface area contributed by atoms with E-state index in [0.29, 0.717) is 15.8 Å². The Labute approximate surface area is 218 Å². The monoisotopic (exact) mass is 516 g/mol. The molecule has 1 aromatic rings. The molecule has 1 saturated heterocycles. The fourth-order valence-electron chi connectivity index (χ4n) is 3.74. The lowest BCUT2D eigenvalue weighted by Crippen LogP contribution is -2.33. The molecule has 1 aliphatic rings. The minimum Gasteiger partial charge on any atom is -0.481 e. The maximum Gasteiger partial charge on any atom is 0.303 e. The number of carboxylic acids is 1. The third-order valence-electron chi connectivity index (χ3n) is 5.63. The molecule has 0 spiro atoms. The van der Waals surface area contributed by atoms with E-state index in [2.05, 4.69) is 5.32 Å². The van der Waals surface area contributed by atoms with Crippen LogP contribution in [0.4, 0.5) is 0 Å². The summed E-state index contributed by atoms with van der Waals surface area (Å²) in [6, 6.07) is 9.92. The molecule has 190 valence electrons. The van der Waals surface area contributed by atoms with Crippen LogP contribution in [-0.2, 0) is 14.4 Å². The zero-order valence-corrected chi connectivity index (χ0v) is 22.1. The van der Waals surface area contributed by atoms with E-state index in [4.69, 9.17) is 17.3 Å². The fraction of sp³-hybridized carbons (Fsp3) is 0.481. The first-order valence-electron chi connectivity index (χ1n) is 12.3. The number of rotatable bonds is 16. The lowest BCUT2D eigenvalue weighted by atomic mass is 10.1. The second kappa shape index (κ2) is 16.3. The van der Waals surface area contributed by atoms with Crippen LogP contribution in [0.5, 0.6) is 0 Å². The van der Waals surface area contributed by atoms with Crippen molar-refractivity contribution in [3.05, 3.63) is 52.4 Å². The third kappa shape index (κ3) is 11.7. The van der Waals surface area contributed by atoms with Crippen LogP contribution in [0, 0.1) is 0 Å². The standard InChI is InChI=1S/C27H36N2O4S2/c1-21(19-22-13-9-8-10-14-22)20-23-26(33)29(27(34)35-23)18-16-24(30)28-17-12-7-5-3-2-4-6-11-15-25(31)32/h8-10,13-14,19-20H,2-7,11-12,15-18H2,1H3,(H,28,30)(H,31,32). The van der Waals surface area contributed by atoms with E-state index >= 15 is 0 Å². The Morgan fingerprint density at radius 2 is 1.63 bits per heavy atom. The van der Waals surface area contributed by atoms with E-state index in [0.717, 1.165) is 62.5 Å². The van der Waals surface area contributed by atoms with Gasteiger partial charge in [-0.05, 0) is 37.0 Å². The summed E-state index contributed by atoms with van der Waals surface area (Å²) < 4.78 is 0.490. The predicted octanol–water partition coefficient (Wildman–Crippen LogP) is 5.94. The summed E-state index contributed by atoms with van der Waals surface area (Å²) in [7, 11) is 0. The first-order chi connectivity index (χ1) is 16.9. The summed E-state index contributed by atoms with van der Waals surface area (Å²) in [6.07, 6.45) is 12.6. The van der Waals surface area contributed by atoms with Gasteiger partial charge in [0.15, 0.2) is 0 Å². The van der Waals surface area contributed by atoms with Crippen molar-refractivity contribution in [3.8, 4) is 0 Å². The number of aliphatic carboxylic acids is 1. The third-order valence-corrected chi connectivity index (χ3v) is 7.01. The topological polar surface area (TPSA) is 86.7 Å². The van der Waals surface area contributed by atoms with Crippen molar-refractivity contribution in [2.75, 3.05) is 13.1 Å². The van der Waals surface area contributed by atoms with E-state index in [-0.39, 0.29) is 31.2 Å². The molecule has 1 fully saturated rings. The van der Waals surface area contributed by atoms with Gasteiger partial charge < -0.3 is 10.4 Å². The van der Waals surface area contributed by atoms with E-state index < -0.39 is 5.97 Å². The van der Waals surface area contributed by atoms with Crippen LogP contribution in [0.1, 0.15) is 76.7 Å². The lowest BCUT2D eigenvalue weighted by Gasteiger charge is -2.14. The molecule has 1 heterocycles. The number of thiocarbonyl (C=S) groups is 1. The molecule has 8 heteroatoms. The molecule has 0 saturated carbocycles. The smallest absolute Gasteiger partial charge is 0.303 e. The normalized spacial score (nSPS) is 15.2. The fourth-order valence-corrected chi connectivity index (χ4v) is 5.10. The van der Waals surface area contributed by atoms with E-state index in [9.17, 15) is 14.4 Å². The van der Waals surface area contributed by atoms with Crippen LogP contribution in [0.25, 0.3) is 6.08 Å². The Kier molecular flexibility index (Phi) is 13.4. The van der Waals surface area contributed by atoms with Crippen LogP contribution < -0.4 is 5.32 Å². The quantitative estimate of drug-likeness (QED) is 0.161. The Morgan fingerprint density at radius 1 is 1.00 bits per heavy atom. The number of nitrogens with one attached hydrogen (secondary N) is 1. The molecule has 2 N–H and O–H groups in total. The van der Waals surface area contributed by atoms with E-state index in [1.54, 1.807) is 0 Å². The van der Waals surface area contributed by atoms with Gasteiger partial charge in [0.25, 0.3) is 5.91 Å². The molecular weight excluding hydrogens is 480 g/mol. The zero-order chi connectivity index (χ0) is 25.5. The van der Waals surface area contributed by atoms with Gasteiger partial charge in [-0.2, -0.15) is 0 Å². The van der Waals surface area contributed by atoms with Crippen molar-refractivity contribution in [3.63, 3.8) is 0 Å².